The van der Waals surface area contributed by atoms with E-state index in [0.29, 0.717) is 19.3 Å². The fourth-order valence-electron chi connectivity index (χ4n) is 2.04. The molecule has 0 heterocycles. The van der Waals surface area contributed by atoms with Gasteiger partial charge < -0.3 is 10.0 Å². The molecular formula is C12H23NO3. The SMILES string of the molecule is CCCCC(CC)(C(=O)O)N(C=O)C(C)C. The maximum atomic E-state index is 11.5. The average Bonchev–Trinajstić information content (AvgIpc) is 2.23. The molecule has 1 amide bonds. The first kappa shape index (κ1) is 14.9. The molecule has 0 aliphatic heterocycles. The van der Waals surface area contributed by atoms with Gasteiger partial charge in [0.2, 0.25) is 6.41 Å². The van der Waals surface area contributed by atoms with Crippen molar-refractivity contribution >= 4 is 12.4 Å². The van der Waals surface area contributed by atoms with Crippen molar-refractivity contribution in [2.45, 2.75) is 65.0 Å². The van der Waals surface area contributed by atoms with Gasteiger partial charge in [0, 0.05) is 6.04 Å². The summed E-state index contributed by atoms with van der Waals surface area (Å²) in [4.78, 5) is 24.0. The summed E-state index contributed by atoms with van der Waals surface area (Å²) in [6.07, 6.45) is 3.38. The predicted octanol–water partition coefficient (Wildman–Crippen LogP) is 2.28. The van der Waals surface area contributed by atoms with Gasteiger partial charge in [-0.05, 0) is 26.7 Å². The third kappa shape index (κ3) is 2.97. The highest BCUT2D eigenvalue weighted by Gasteiger charge is 2.42. The van der Waals surface area contributed by atoms with E-state index < -0.39 is 11.5 Å². The Morgan fingerprint density at radius 2 is 2.00 bits per heavy atom. The molecule has 0 aliphatic carbocycles. The van der Waals surface area contributed by atoms with Crippen molar-refractivity contribution in [3.05, 3.63) is 0 Å². The minimum atomic E-state index is -1.04. The molecule has 1 unspecified atom stereocenters. The van der Waals surface area contributed by atoms with Crippen molar-refractivity contribution in [3.8, 4) is 0 Å². The average molecular weight is 229 g/mol. The van der Waals surface area contributed by atoms with Gasteiger partial charge in [0.1, 0.15) is 5.54 Å². The van der Waals surface area contributed by atoms with Crippen LogP contribution >= 0.6 is 0 Å². The fourth-order valence-corrected chi connectivity index (χ4v) is 2.04. The van der Waals surface area contributed by atoms with Gasteiger partial charge in [-0.1, -0.05) is 26.7 Å². The van der Waals surface area contributed by atoms with Crippen LogP contribution < -0.4 is 0 Å². The molecule has 0 bridgehead atoms. The molecule has 0 rings (SSSR count). The van der Waals surface area contributed by atoms with Crippen LogP contribution in [0.3, 0.4) is 0 Å². The van der Waals surface area contributed by atoms with Crippen LogP contribution in [0, 0.1) is 0 Å². The molecule has 0 saturated heterocycles. The quantitative estimate of drug-likeness (QED) is 0.650. The van der Waals surface area contributed by atoms with Crippen LogP contribution in [0.25, 0.3) is 0 Å². The maximum absolute atomic E-state index is 11.5. The van der Waals surface area contributed by atoms with Crippen molar-refractivity contribution in [2.75, 3.05) is 0 Å². The highest BCUT2D eigenvalue weighted by molar-refractivity contribution is 5.81. The van der Waals surface area contributed by atoms with Crippen molar-refractivity contribution in [3.63, 3.8) is 0 Å². The van der Waals surface area contributed by atoms with Crippen LogP contribution in [0.4, 0.5) is 0 Å². The van der Waals surface area contributed by atoms with Crippen LogP contribution in [-0.4, -0.2) is 34.0 Å². The molecule has 0 aliphatic rings. The molecule has 0 aromatic rings. The molecule has 0 aromatic carbocycles. The number of carboxylic acid groups (broad SMARTS) is 1. The van der Waals surface area contributed by atoms with Crippen LogP contribution in [0.5, 0.6) is 0 Å². The van der Waals surface area contributed by atoms with Crippen LogP contribution in [0.1, 0.15) is 53.4 Å². The number of carboxylic acids is 1. The molecule has 0 aromatic heterocycles. The van der Waals surface area contributed by atoms with Crippen molar-refractivity contribution in [1.29, 1.82) is 0 Å². The third-order valence-corrected chi connectivity index (χ3v) is 3.09. The highest BCUT2D eigenvalue weighted by Crippen LogP contribution is 2.27. The van der Waals surface area contributed by atoms with E-state index >= 15 is 0 Å². The Balaban J connectivity index is 5.14. The number of amides is 1. The number of carbonyl (C=O) groups is 2. The Morgan fingerprint density at radius 1 is 1.44 bits per heavy atom. The lowest BCUT2D eigenvalue weighted by molar-refractivity contribution is -0.158. The lowest BCUT2D eigenvalue weighted by atomic mass is 9.87. The van der Waals surface area contributed by atoms with E-state index in [1.54, 1.807) is 0 Å². The van der Waals surface area contributed by atoms with Gasteiger partial charge in [-0.2, -0.15) is 0 Å². The normalized spacial score (nSPS) is 14.6. The Kier molecular flexibility index (Phi) is 6.08. The molecule has 0 saturated carbocycles. The first-order valence-corrected chi connectivity index (χ1v) is 5.93. The smallest absolute Gasteiger partial charge is 0.329 e. The van der Waals surface area contributed by atoms with Gasteiger partial charge in [-0.15, -0.1) is 0 Å². The molecular weight excluding hydrogens is 206 g/mol. The molecule has 94 valence electrons. The molecule has 4 heteroatoms. The van der Waals surface area contributed by atoms with Crippen LogP contribution in [-0.2, 0) is 9.59 Å². The molecule has 4 nitrogen and oxygen atoms in total. The Morgan fingerprint density at radius 3 is 2.25 bits per heavy atom. The summed E-state index contributed by atoms with van der Waals surface area (Å²) in [6.45, 7) is 7.52. The summed E-state index contributed by atoms with van der Waals surface area (Å²) in [5.41, 5.74) is -1.04. The van der Waals surface area contributed by atoms with Gasteiger partial charge in [0.25, 0.3) is 0 Å². The van der Waals surface area contributed by atoms with E-state index in [9.17, 15) is 14.7 Å². The largest absolute Gasteiger partial charge is 0.479 e. The zero-order chi connectivity index (χ0) is 12.8. The lowest BCUT2D eigenvalue weighted by Gasteiger charge is -2.40. The number of hydrogen-bond acceptors (Lipinski definition) is 2. The first-order chi connectivity index (χ1) is 7.46. The summed E-state index contributed by atoms with van der Waals surface area (Å²) < 4.78 is 0. The second-order valence-corrected chi connectivity index (χ2v) is 4.40. The van der Waals surface area contributed by atoms with E-state index in [0.717, 1.165) is 12.8 Å². The predicted molar refractivity (Wildman–Crippen MR) is 63.2 cm³/mol. The molecule has 1 N–H and O–H groups in total. The summed E-state index contributed by atoms with van der Waals surface area (Å²) in [6, 6.07) is -0.0922. The first-order valence-electron chi connectivity index (χ1n) is 5.93. The van der Waals surface area contributed by atoms with E-state index in [4.69, 9.17) is 0 Å². The summed E-state index contributed by atoms with van der Waals surface area (Å²) >= 11 is 0. The molecule has 0 spiro atoms. The van der Waals surface area contributed by atoms with Gasteiger partial charge in [-0.3, -0.25) is 4.79 Å². The van der Waals surface area contributed by atoms with Gasteiger partial charge in [0.05, 0.1) is 0 Å². The number of hydrogen-bond donors (Lipinski definition) is 1. The zero-order valence-electron chi connectivity index (χ0n) is 10.7. The zero-order valence-corrected chi connectivity index (χ0v) is 10.7. The third-order valence-electron chi connectivity index (χ3n) is 3.09. The lowest BCUT2D eigenvalue weighted by Crippen LogP contribution is -2.56. The van der Waals surface area contributed by atoms with E-state index in [2.05, 4.69) is 0 Å². The number of unbranched alkanes of at least 4 members (excludes halogenated alkanes) is 1. The Bertz CT molecular complexity index is 240. The molecule has 16 heavy (non-hydrogen) atoms. The second-order valence-electron chi connectivity index (χ2n) is 4.40. The van der Waals surface area contributed by atoms with Crippen LogP contribution in [0.15, 0.2) is 0 Å². The molecule has 0 radical (unpaired) electrons. The minimum absolute atomic E-state index is 0.0922. The number of carbonyl (C=O) groups excluding carboxylic acids is 1. The van der Waals surface area contributed by atoms with Crippen molar-refractivity contribution < 1.29 is 14.7 Å². The summed E-state index contributed by atoms with van der Waals surface area (Å²) in [7, 11) is 0. The summed E-state index contributed by atoms with van der Waals surface area (Å²) in [5.74, 6) is -0.899. The summed E-state index contributed by atoms with van der Waals surface area (Å²) in [5, 5.41) is 9.40. The van der Waals surface area contributed by atoms with Crippen molar-refractivity contribution in [2.24, 2.45) is 0 Å². The number of rotatable bonds is 8. The molecule has 1 atom stereocenters. The van der Waals surface area contributed by atoms with Gasteiger partial charge in [-0.25, -0.2) is 4.79 Å². The Hall–Kier alpha value is -1.06. The monoisotopic (exact) mass is 229 g/mol. The maximum Gasteiger partial charge on any atom is 0.329 e. The minimum Gasteiger partial charge on any atom is -0.479 e. The number of aliphatic carboxylic acids is 1. The fraction of sp³-hybridized carbons (Fsp3) is 0.833. The Labute approximate surface area is 97.6 Å². The van der Waals surface area contributed by atoms with E-state index in [-0.39, 0.29) is 6.04 Å². The van der Waals surface area contributed by atoms with Crippen LogP contribution in [0.2, 0.25) is 0 Å². The second kappa shape index (κ2) is 6.51. The van der Waals surface area contributed by atoms with E-state index in [1.807, 2.05) is 27.7 Å². The van der Waals surface area contributed by atoms with Gasteiger partial charge >= 0.3 is 5.97 Å². The topological polar surface area (TPSA) is 57.6 Å². The van der Waals surface area contributed by atoms with Gasteiger partial charge in [0.15, 0.2) is 0 Å². The molecule has 0 fully saturated rings. The van der Waals surface area contributed by atoms with Crippen molar-refractivity contribution in [1.82, 2.24) is 4.90 Å². The number of nitrogens with zero attached hydrogens (tertiary/aromatic N) is 1. The highest BCUT2D eigenvalue weighted by atomic mass is 16.4. The van der Waals surface area contributed by atoms with E-state index in [1.165, 1.54) is 4.90 Å². The standard InChI is InChI=1S/C12H23NO3/c1-5-7-8-12(6-2,11(15)16)13(9-14)10(3)4/h9-10H,5-8H2,1-4H3,(H,15,16).